The van der Waals surface area contributed by atoms with Crippen LogP contribution in [-0.4, -0.2) is 24.9 Å². The van der Waals surface area contributed by atoms with E-state index < -0.39 is 17.7 Å². The fourth-order valence-electron chi connectivity index (χ4n) is 2.81. The highest BCUT2D eigenvalue weighted by Gasteiger charge is 2.14. The molecule has 30 heavy (non-hydrogen) atoms. The van der Waals surface area contributed by atoms with Crippen LogP contribution in [0.25, 0.3) is 0 Å². The highest BCUT2D eigenvalue weighted by Crippen LogP contribution is 2.18. The number of thiophene rings is 1. The number of carbonyl (C=O) groups excluding carboxylic acids is 3. The average Bonchev–Trinajstić information content (AvgIpc) is 3.24. The van der Waals surface area contributed by atoms with Gasteiger partial charge in [0, 0.05) is 12.2 Å². The molecule has 1 heterocycles. The lowest BCUT2D eigenvalue weighted by Crippen LogP contribution is -2.24. The molecule has 3 rings (SSSR count). The molecule has 0 spiro atoms. The van der Waals surface area contributed by atoms with Gasteiger partial charge in [0.05, 0.1) is 24.7 Å². The molecule has 0 aliphatic carbocycles. The summed E-state index contributed by atoms with van der Waals surface area (Å²) in [7, 11) is 1.25. The molecule has 2 N–H and O–H groups in total. The second kappa shape index (κ2) is 9.80. The summed E-state index contributed by atoms with van der Waals surface area (Å²) in [4.78, 5) is 36.5. The number of amides is 2. The first-order chi connectivity index (χ1) is 14.5. The van der Waals surface area contributed by atoms with E-state index in [-0.39, 0.29) is 30.0 Å². The lowest BCUT2D eigenvalue weighted by molar-refractivity contribution is -0.115. The highest BCUT2D eigenvalue weighted by molar-refractivity contribution is 7.08. The third-order valence-corrected chi connectivity index (χ3v) is 4.95. The van der Waals surface area contributed by atoms with E-state index in [2.05, 4.69) is 10.6 Å². The van der Waals surface area contributed by atoms with Crippen molar-refractivity contribution in [2.75, 3.05) is 12.4 Å². The highest BCUT2D eigenvalue weighted by atomic mass is 32.1. The number of anilines is 1. The van der Waals surface area contributed by atoms with Crippen molar-refractivity contribution >= 4 is 34.8 Å². The van der Waals surface area contributed by atoms with Crippen LogP contribution in [0.2, 0.25) is 0 Å². The molecule has 0 unspecified atom stereocenters. The van der Waals surface area contributed by atoms with Gasteiger partial charge in [0.1, 0.15) is 5.82 Å². The minimum atomic E-state index is -0.625. The summed E-state index contributed by atoms with van der Waals surface area (Å²) in [6.07, 6.45) is 0.200. The number of methoxy groups -OCH3 is 1. The van der Waals surface area contributed by atoms with Gasteiger partial charge >= 0.3 is 5.97 Å². The van der Waals surface area contributed by atoms with Gasteiger partial charge in [0.25, 0.3) is 5.91 Å². The van der Waals surface area contributed by atoms with E-state index in [0.29, 0.717) is 11.3 Å². The van der Waals surface area contributed by atoms with E-state index in [9.17, 15) is 18.8 Å². The quantitative estimate of drug-likeness (QED) is 0.563. The maximum absolute atomic E-state index is 13.8. The van der Waals surface area contributed by atoms with Crippen molar-refractivity contribution in [2.24, 2.45) is 0 Å². The average molecular weight is 426 g/mol. The minimum absolute atomic E-state index is 0.0331. The Hall–Kier alpha value is -3.52. The Morgan fingerprint density at radius 2 is 1.87 bits per heavy atom. The molecule has 0 bridgehead atoms. The molecule has 1 aromatic heterocycles. The summed E-state index contributed by atoms with van der Waals surface area (Å²) >= 11 is 1.50. The first-order valence-electron chi connectivity index (χ1n) is 9.02. The van der Waals surface area contributed by atoms with Crippen LogP contribution >= 0.6 is 11.3 Å². The van der Waals surface area contributed by atoms with Crippen molar-refractivity contribution < 1.29 is 23.5 Å². The molecule has 0 saturated carbocycles. The third kappa shape index (κ3) is 5.51. The number of hydrogen-bond acceptors (Lipinski definition) is 5. The van der Waals surface area contributed by atoms with E-state index in [4.69, 9.17) is 4.74 Å². The summed E-state index contributed by atoms with van der Waals surface area (Å²) in [5.74, 6) is -2.03. The number of benzene rings is 2. The van der Waals surface area contributed by atoms with Crippen molar-refractivity contribution in [3.05, 3.63) is 87.4 Å². The molecule has 0 radical (unpaired) electrons. The Labute approximate surface area is 176 Å². The number of halogens is 1. The number of hydrogen-bond donors (Lipinski definition) is 2. The summed E-state index contributed by atoms with van der Waals surface area (Å²) in [5, 5.41) is 9.14. The van der Waals surface area contributed by atoms with Gasteiger partial charge in [-0.1, -0.05) is 12.1 Å². The van der Waals surface area contributed by atoms with Crippen molar-refractivity contribution in [1.82, 2.24) is 5.32 Å². The van der Waals surface area contributed by atoms with Gasteiger partial charge in [-0.05, 0) is 58.3 Å². The zero-order valence-electron chi connectivity index (χ0n) is 16.1. The molecule has 0 atom stereocenters. The SMILES string of the molecule is COC(=O)c1cc(CNC(=O)c2ccccc2F)cc(NC(=O)Cc2ccsc2)c1. The fraction of sp³-hybridized carbons (Fsp3) is 0.136. The lowest BCUT2D eigenvalue weighted by atomic mass is 10.1. The van der Waals surface area contributed by atoms with Crippen LogP contribution in [0.15, 0.2) is 59.3 Å². The van der Waals surface area contributed by atoms with Crippen LogP contribution in [0.1, 0.15) is 31.8 Å². The van der Waals surface area contributed by atoms with E-state index in [1.807, 2.05) is 16.8 Å². The van der Waals surface area contributed by atoms with Crippen LogP contribution < -0.4 is 10.6 Å². The number of nitrogens with one attached hydrogen (secondary N) is 2. The van der Waals surface area contributed by atoms with Crippen molar-refractivity contribution in [1.29, 1.82) is 0 Å². The van der Waals surface area contributed by atoms with Crippen LogP contribution in [0.4, 0.5) is 10.1 Å². The van der Waals surface area contributed by atoms with E-state index in [0.717, 1.165) is 5.56 Å². The van der Waals surface area contributed by atoms with Gasteiger partial charge in [0.2, 0.25) is 5.91 Å². The van der Waals surface area contributed by atoms with Gasteiger partial charge in [-0.25, -0.2) is 9.18 Å². The predicted octanol–water partition coefficient (Wildman–Crippen LogP) is 3.79. The fourth-order valence-corrected chi connectivity index (χ4v) is 3.48. The predicted molar refractivity (Wildman–Crippen MR) is 112 cm³/mol. The standard InChI is InChI=1S/C22H19FN2O4S/c1-29-22(28)16-8-15(12-24-21(27)18-4-2-3-5-19(18)23)9-17(11-16)25-20(26)10-14-6-7-30-13-14/h2-9,11,13H,10,12H2,1H3,(H,24,27)(H,25,26). The first-order valence-corrected chi connectivity index (χ1v) is 9.96. The largest absolute Gasteiger partial charge is 0.465 e. The second-order valence-corrected chi connectivity index (χ2v) is 7.21. The van der Waals surface area contributed by atoms with Crippen LogP contribution in [0, 0.1) is 5.82 Å². The molecule has 154 valence electrons. The molecule has 2 amide bonds. The number of carbonyl (C=O) groups is 3. The van der Waals surface area contributed by atoms with Gasteiger partial charge in [-0.3, -0.25) is 9.59 Å². The molecule has 2 aromatic carbocycles. The number of rotatable bonds is 7. The molecular formula is C22H19FN2O4S. The normalized spacial score (nSPS) is 10.3. The summed E-state index contributed by atoms with van der Waals surface area (Å²) in [6, 6.07) is 12.2. The molecule has 6 nitrogen and oxygen atoms in total. The monoisotopic (exact) mass is 426 g/mol. The van der Waals surface area contributed by atoms with Crippen molar-refractivity contribution in [3.63, 3.8) is 0 Å². The molecule has 8 heteroatoms. The molecule has 3 aromatic rings. The number of ether oxygens (including phenoxy) is 1. The minimum Gasteiger partial charge on any atom is -0.465 e. The summed E-state index contributed by atoms with van der Waals surface area (Å²) in [5.41, 5.74) is 1.98. The van der Waals surface area contributed by atoms with E-state index in [1.54, 1.807) is 18.2 Å². The zero-order valence-corrected chi connectivity index (χ0v) is 16.9. The molecule has 0 aliphatic rings. The van der Waals surface area contributed by atoms with E-state index in [1.165, 1.54) is 42.7 Å². The number of esters is 1. The Bertz CT molecular complexity index is 1070. The smallest absolute Gasteiger partial charge is 0.337 e. The first kappa shape index (κ1) is 21.2. The molecular weight excluding hydrogens is 407 g/mol. The van der Waals surface area contributed by atoms with Crippen LogP contribution in [0.3, 0.4) is 0 Å². The topological polar surface area (TPSA) is 84.5 Å². The van der Waals surface area contributed by atoms with Crippen molar-refractivity contribution in [3.8, 4) is 0 Å². The molecule has 0 aliphatic heterocycles. The van der Waals surface area contributed by atoms with Gasteiger partial charge in [-0.2, -0.15) is 11.3 Å². The van der Waals surface area contributed by atoms with E-state index >= 15 is 0 Å². The van der Waals surface area contributed by atoms with Gasteiger partial charge < -0.3 is 15.4 Å². The van der Waals surface area contributed by atoms with Crippen LogP contribution in [-0.2, 0) is 22.5 Å². The zero-order chi connectivity index (χ0) is 21.5. The summed E-state index contributed by atoms with van der Waals surface area (Å²) < 4.78 is 18.5. The van der Waals surface area contributed by atoms with Gasteiger partial charge in [0.15, 0.2) is 0 Å². The molecule has 0 saturated heterocycles. The third-order valence-electron chi connectivity index (χ3n) is 4.21. The summed E-state index contributed by atoms with van der Waals surface area (Å²) in [6.45, 7) is 0.0331. The maximum atomic E-state index is 13.8. The maximum Gasteiger partial charge on any atom is 0.337 e. The lowest BCUT2D eigenvalue weighted by Gasteiger charge is -2.11. The Balaban J connectivity index is 1.75. The Kier molecular flexibility index (Phi) is 6.92. The van der Waals surface area contributed by atoms with Crippen molar-refractivity contribution in [2.45, 2.75) is 13.0 Å². The second-order valence-electron chi connectivity index (χ2n) is 6.43. The Morgan fingerprint density at radius 1 is 1.07 bits per heavy atom. The van der Waals surface area contributed by atoms with Crippen LogP contribution in [0.5, 0.6) is 0 Å². The van der Waals surface area contributed by atoms with Gasteiger partial charge in [-0.15, -0.1) is 0 Å². The molecule has 0 fully saturated rings. The Morgan fingerprint density at radius 3 is 2.57 bits per heavy atom.